The lowest BCUT2D eigenvalue weighted by Crippen LogP contribution is -2.43. The van der Waals surface area contributed by atoms with Gasteiger partial charge in [0.15, 0.2) is 5.69 Å². The number of fused-ring (bicyclic) bond motifs is 1. The van der Waals surface area contributed by atoms with Crippen molar-refractivity contribution >= 4 is 22.7 Å². The molecule has 1 aromatic heterocycles. The highest BCUT2D eigenvalue weighted by atomic mass is 16.3. The fraction of sp³-hybridized carbons (Fsp3) is 0.308. The SMILES string of the molecule is NC(=O)C1CC(O)CN1C(=O)c1n[nH]c2ccccc12. The second kappa shape index (κ2) is 4.61. The summed E-state index contributed by atoms with van der Waals surface area (Å²) < 4.78 is 0. The highest BCUT2D eigenvalue weighted by molar-refractivity contribution is 6.06. The van der Waals surface area contributed by atoms with Gasteiger partial charge in [-0.2, -0.15) is 5.10 Å². The molecule has 4 N–H and O–H groups in total. The summed E-state index contributed by atoms with van der Waals surface area (Å²) in [6.45, 7) is 0.0909. The first-order valence-electron chi connectivity index (χ1n) is 6.29. The number of H-pyrrole nitrogens is 1. The number of primary amides is 1. The number of benzene rings is 1. The number of hydrogen-bond donors (Lipinski definition) is 3. The summed E-state index contributed by atoms with van der Waals surface area (Å²) in [6.07, 6.45) is -0.565. The molecular formula is C13H14N4O3. The quantitative estimate of drug-likeness (QED) is 0.693. The van der Waals surface area contributed by atoms with E-state index in [1.54, 1.807) is 12.1 Å². The zero-order valence-electron chi connectivity index (χ0n) is 10.6. The van der Waals surface area contributed by atoms with Gasteiger partial charge in [0.05, 0.1) is 11.6 Å². The third-order valence-electron chi connectivity index (χ3n) is 3.54. The van der Waals surface area contributed by atoms with Crippen LogP contribution in [0.4, 0.5) is 0 Å². The van der Waals surface area contributed by atoms with Gasteiger partial charge < -0.3 is 15.7 Å². The first-order valence-corrected chi connectivity index (χ1v) is 6.29. The molecule has 2 unspecified atom stereocenters. The number of para-hydroxylation sites is 1. The molecule has 0 spiro atoms. The van der Waals surface area contributed by atoms with Gasteiger partial charge in [-0.3, -0.25) is 14.7 Å². The van der Waals surface area contributed by atoms with Crippen LogP contribution in [0.15, 0.2) is 24.3 Å². The van der Waals surface area contributed by atoms with Crippen LogP contribution in [0.3, 0.4) is 0 Å². The van der Waals surface area contributed by atoms with Gasteiger partial charge in [-0.05, 0) is 6.07 Å². The molecule has 3 rings (SSSR count). The van der Waals surface area contributed by atoms with Crippen LogP contribution < -0.4 is 5.73 Å². The number of nitrogens with one attached hydrogen (secondary N) is 1. The molecule has 104 valence electrons. The third-order valence-corrected chi connectivity index (χ3v) is 3.54. The van der Waals surface area contributed by atoms with Crippen LogP contribution in [0.25, 0.3) is 10.9 Å². The Morgan fingerprint density at radius 3 is 2.90 bits per heavy atom. The predicted octanol–water partition coefficient (Wildman–Crippen LogP) is -0.376. The molecule has 20 heavy (non-hydrogen) atoms. The number of amides is 2. The van der Waals surface area contributed by atoms with Gasteiger partial charge in [-0.25, -0.2) is 0 Å². The maximum atomic E-state index is 12.5. The van der Waals surface area contributed by atoms with Crippen molar-refractivity contribution in [3.05, 3.63) is 30.0 Å². The molecule has 2 amide bonds. The monoisotopic (exact) mass is 274 g/mol. The Bertz CT molecular complexity index is 681. The number of carbonyl (C=O) groups is 2. The van der Waals surface area contributed by atoms with E-state index in [0.717, 1.165) is 5.52 Å². The van der Waals surface area contributed by atoms with Gasteiger partial charge in [0.25, 0.3) is 5.91 Å². The average Bonchev–Trinajstić information content (AvgIpc) is 3.01. The van der Waals surface area contributed by atoms with E-state index >= 15 is 0 Å². The maximum Gasteiger partial charge on any atom is 0.275 e. The molecule has 2 aromatic rings. The Balaban J connectivity index is 1.98. The highest BCUT2D eigenvalue weighted by Gasteiger charge is 2.39. The summed E-state index contributed by atoms with van der Waals surface area (Å²) in [5.41, 5.74) is 6.26. The summed E-state index contributed by atoms with van der Waals surface area (Å²) in [7, 11) is 0. The van der Waals surface area contributed by atoms with E-state index in [1.165, 1.54) is 4.90 Å². The second-order valence-electron chi connectivity index (χ2n) is 4.88. The Morgan fingerprint density at radius 1 is 1.40 bits per heavy atom. The lowest BCUT2D eigenvalue weighted by molar-refractivity contribution is -0.121. The van der Waals surface area contributed by atoms with Crippen molar-refractivity contribution in [2.24, 2.45) is 5.73 Å². The molecule has 7 nitrogen and oxygen atoms in total. The number of aliphatic hydroxyl groups is 1. The Morgan fingerprint density at radius 2 is 2.15 bits per heavy atom. The molecule has 1 aliphatic rings. The number of rotatable bonds is 2. The lowest BCUT2D eigenvalue weighted by Gasteiger charge is -2.20. The lowest BCUT2D eigenvalue weighted by atomic mass is 10.1. The van der Waals surface area contributed by atoms with Crippen LogP contribution in [0.1, 0.15) is 16.9 Å². The smallest absolute Gasteiger partial charge is 0.275 e. The number of aliphatic hydroxyl groups excluding tert-OH is 1. The molecule has 0 saturated carbocycles. The second-order valence-corrected chi connectivity index (χ2v) is 4.88. The maximum absolute atomic E-state index is 12.5. The van der Waals surface area contributed by atoms with Crippen LogP contribution in [0, 0.1) is 0 Å². The Kier molecular flexibility index (Phi) is 2.90. The number of nitrogens with zero attached hydrogens (tertiary/aromatic N) is 2. The van der Waals surface area contributed by atoms with Crippen LogP contribution in [-0.4, -0.2) is 50.7 Å². The van der Waals surface area contributed by atoms with E-state index < -0.39 is 24.0 Å². The molecule has 1 fully saturated rings. The van der Waals surface area contributed by atoms with Crippen molar-refractivity contribution in [1.29, 1.82) is 0 Å². The molecule has 0 radical (unpaired) electrons. The molecule has 2 atom stereocenters. The largest absolute Gasteiger partial charge is 0.391 e. The van der Waals surface area contributed by atoms with Crippen molar-refractivity contribution in [2.45, 2.75) is 18.6 Å². The fourth-order valence-electron chi connectivity index (χ4n) is 2.57. The minimum absolute atomic E-state index is 0.0909. The van der Waals surface area contributed by atoms with Gasteiger partial charge in [-0.15, -0.1) is 0 Å². The summed E-state index contributed by atoms with van der Waals surface area (Å²) in [5.74, 6) is -1.02. The summed E-state index contributed by atoms with van der Waals surface area (Å²) in [6, 6.07) is 6.44. The van der Waals surface area contributed by atoms with Crippen molar-refractivity contribution in [3.8, 4) is 0 Å². The highest BCUT2D eigenvalue weighted by Crippen LogP contribution is 2.23. The standard InChI is InChI=1S/C13H14N4O3/c14-12(19)10-5-7(18)6-17(10)13(20)11-8-3-1-2-4-9(8)15-16-11/h1-4,7,10,18H,5-6H2,(H2,14,19)(H,15,16). The topological polar surface area (TPSA) is 112 Å². The van der Waals surface area contributed by atoms with Crippen LogP contribution in [-0.2, 0) is 4.79 Å². The summed E-state index contributed by atoms with van der Waals surface area (Å²) in [4.78, 5) is 25.2. The van der Waals surface area contributed by atoms with E-state index in [2.05, 4.69) is 10.2 Å². The molecule has 1 aliphatic heterocycles. The first kappa shape index (κ1) is 12.6. The molecule has 0 aliphatic carbocycles. The van der Waals surface area contributed by atoms with Crippen LogP contribution >= 0.6 is 0 Å². The van der Waals surface area contributed by atoms with E-state index in [4.69, 9.17) is 5.73 Å². The van der Waals surface area contributed by atoms with Crippen molar-refractivity contribution in [3.63, 3.8) is 0 Å². The van der Waals surface area contributed by atoms with Crippen molar-refractivity contribution in [2.75, 3.05) is 6.54 Å². The molecule has 2 heterocycles. The number of aromatic nitrogens is 2. The number of likely N-dealkylation sites (tertiary alicyclic amines) is 1. The number of aromatic amines is 1. The zero-order chi connectivity index (χ0) is 14.3. The fourth-order valence-corrected chi connectivity index (χ4v) is 2.57. The van der Waals surface area contributed by atoms with Gasteiger partial charge >= 0.3 is 0 Å². The molecule has 7 heteroatoms. The summed E-state index contributed by atoms with van der Waals surface area (Å²) in [5, 5.41) is 17.1. The van der Waals surface area contributed by atoms with Gasteiger partial charge in [0, 0.05) is 18.4 Å². The minimum atomic E-state index is -0.784. The summed E-state index contributed by atoms with van der Waals surface area (Å²) >= 11 is 0. The average molecular weight is 274 g/mol. The first-order chi connectivity index (χ1) is 9.58. The molecular weight excluding hydrogens is 260 g/mol. The van der Waals surface area contributed by atoms with Gasteiger partial charge in [0.2, 0.25) is 5.91 Å². The normalized spacial score (nSPS) is 22.4. The number of nitrogens with two attached hydrogens (primary N) is 1. The Hall–Kier alpha value is -2.41. The molecule has 0 bridgehead atoms. The zero-order valence-corrected chi connectivity index (χ0v) is 10.6. The van der Waals surface area contributed by atoms with E-state index in [1.807, 2.05) is 12.1 Å². The van der Waals surface area contributed by atoms with Crippen molar-refractivity contribution < 1.29 is 14.7 Å². The molecule has 1 aromatic carbocycles. The van der Waals surface area contributed by atoms with E-state index in [-0.39, 0.29) is 18.7 Å². The number of β-amino-alcohol motifs (C(OH)–C–C–N with tert-alkyl or cyclic N) is 1. The Labute approximate surface area is 114 Å². The number of carbonyl (C=O) groups excluding carboxylic acids is 2. The number of hydrogen-bond acceptors (Lipinski definition) is 4. The predicted molar refractivity (Wildman–Crippen MR) is 70.7 cm³/mol. The van der Waals surface area contributed by atoms with Crippen LogP contribution in [0.5, 0.6) is 0 Å². The molecule has 1 saturated heterocycles. The van der Waals surface area contributed by atoms with Crippen molar-refractivity contribution in [1.82, 2.24) is 15.1 Å². The van der Waals surface area contributed by atoms with Gasteiger partial charge in [0.1, 0.15) is 6.04 Å². The van der Waals surface area contributed by atoms with E-state index in [9.17, 15) is 14.7 Å². The minimum Gasteiger partial charge on any atom is -0.391 e. The van der Waals surface area contributed by atoms with Crippen LogP contribution in [0.2, 0.25) is 0 Å². The third kappa shape index (κ3) is 1.92. The van der Waals surface area contributed by atoms with Gasteiger partial charge in [-0.1, -0.05) is 18.2 Å². The van der Waals surface area contributed by atoms with E-state index in [0.29, 0.717) is 5.39 Å².